The number of hydrogen-bond donors (Lipinski definition) is 0. The molecule has 0 unspecified atom stereocenters. The number of ketones is 1. The van der Waals surface area contributed by atoms with Gasteiger partial charge in [-0.2, -0.15) is 0 Å². The predicted octanol–water partition coefficient (Wildman–Crippen LogP) is 4.65. The molecule has 0 radical (unpaired) electrons. The van der Waals surface area contributed by atoms with E-state index in [1.165, 1.54) is 0 Å². The lowest BCUT2D eigenvalue weighted by Crippen LogP contribution is -2.30. The molecule has 1 fully saturated rings. The molecule has 1 aromatic heterocycles. The van der Waals surface area contributed by atoms with Gasteiger partial charge in [-0.3, -0.25) is 4.79 Å². The summed E-state index contributed by atoms with van der Waals surface area (Å²) in [5.41, 5.74) is 2.97. The molecular formula is C29H26N2O6. The first-order valence-corrected chi connectivity index (χ1v) is 11.7. The molecule has 1 aliphatic heterocycles. The number of carbonyl (C=O) groups is 1. The van der Waals surface area contributed by atoms with Gasteiger partial charge < -0.3 is 23.7 Å². The van der Waals surface area contributed by atoms with Gasteiger partial charge in [-0.25, -0.2) is 9.97 Å². The Labute approximate surface area is 214 Å². The van der Waals surface area contributed by atoms with Gasteiger partial charge in [-0.15, -0.1) is 0 Å². The Hall–Kier alpha value is -4.27. The van der Waals surface area contributed by atoms with E-state index < -0.39 is 5.79 Å². The van der Waals surface area contributed by atoms with Gasteiger partial charge in [0.15, 0.2) is 0 Å². The van der Waals surface area contributed by atoms with E-state index in [0.29, 0.717) is 53.0 Å². The minimum absolute atomic E-state index is 0.210. The molecule has 2 heterocycles. The molecule has 3 aromatic carbocycles. The van der Waals surface area contributed by atoms with Crippen LogP contribution in [0.25, 0.3) is 11.3 Å². The van der Waals surface area contributed by atoms with Crippen LogP contribution in [0.15, 0.2) is 79.0 Å². The Morgan fingerprint density at radius 1 is 0.757 bits per heavy atom. The topological polar surface area (TPSA) is 89.0 Å². The molecule has 188 valence electrons. The van der Waals surface area contributed by atoms with Gasteiger partial charge in [-0.1, -0.05) is 0 Å². The number of carbonyl (C=O) groups excluding carboxylic acids is 1. The first kappa shape index (κ1) is 24.4. The molecule has 0 N–H and O–H groups in total. The van der Waals surface area contributed by atoms with Crippen molar-refractivity contribution in [2.24, 2.45) is 0 Å². The molecule has 4 aromatic rings. The van der Waals surface area contributed by atoms with Crippen LogP contribution < -0.4 is 14.2 Å². The maximum Gasteiger partial charge on any atom is 0.241 e. The third kappa shape index (κ3) is 4.64. The normalized spacial score (nSPS) is 14.2. The van der Waals surface area contributed by atoms with Crippen molar-refractivity contribution in [1.29, 1.82) is 0 Å². The zero-order valence-corrected chi connectivity index (χ0v) is 20.8. The van der Waals surface area contributed by atoms with Crippen LogP contribution in [0.1, 0.15) is 27.3 Å². The fourth-order valence-corrected chi connectivity index (χ4v) is 4.23. The van der Waals surface area contributed by atoms with Gasteiger partial charge in [0.1, 0.15) is 34.3 Å². The van der Waals surface area contributed by atoms with E-state index in [1.807, 2.05) is 48.5 Å². The van der Waals surface area contributed by atoms with Crippen LogP contribution in [0.3, 0.4) is 0 Å². The number of methoxy groups -OCH3 is 3. The van der Waals surface area contributed by atoms with Crippen LogP contribution in [-0.4, -0.2) is 50.3 Å². The summed E-state index contributed by atoms with van der Waals surface area (Å²) >= 11 is 0. The maximum atomic E-state index is 13.6. The van der Waals surface area contributed by atoms with Gasteiger partial charge in [0, 0.05) is 16.7 Å². The van der Waals surface area contributed by atoms with E-state index in [2.05, 4.69) is 4.98 Å². The number of benzene rings is 3. The van der Waals surface area contributed by atoms with E-state index in [4.69, 9.17) is 28.7 Å². The summed E-state index contributed by atoms with van der Waals surface area (Å²) in [5, 5.41) is 0. The highest BCUT2D eigenvalue weighted by Gasteiger charge is 2.43. The van der Waals surface area contributed by atoms with Gasteiger partial charge in [0.05, 0.1) is 40.7 Å². The van der Waals surface area contributed by atoms with Crippen LogP contribution in [-0.2, 0) is 15.3 Å². The maximum absolute atomic E-state index is 13.6. The number of nitrogens with zero attached hydrogens (tertiary/aromatic N) is 2. The van der Waals surface area contributed by atoms with E-state index >= 15 is 0 Å². The van der Waals surface area contributed by atoms with Crippen molar-refractivity contribution < 1.29 is 28.5 Å². The average molecular weight is 499 g/mol. The van der Waals surface area contributed by atoms with Crippen molar-refractivity contribution in [3.05, 3.63) is 102 Å². The predicted molar refractivity (Wildman–Crippen MR) is 136 cm³/mol. The molecule has 8 heteroatoms. The number of hydrogen-bond acceptors (Lipinski definition) is 8. The smallest absolute Gasteiger partial charge is 0.241 e. The fraction of sp³-hybridized carbons (Fsp3) is 0.207. The Kier molecular flexibility index (Phi) is 6.85. The summed E-state index contributed by atoms with van der Waals surface area (Å²) < 4.78 is 28.1. The lowest BCUT2D eigenvalue weighted by molar-refractivity contribution is -0.133. The SMILES string of the molecule is COc1ccc(C(=O)c2ncc(C3(c4ccc(OC)cc4)OCCO3)nc2-c2ccc(OC)cc2)cc1. The number of aromatic nitrogens is 2. The molecule has 8 nitrogen and oxygen atoms in total. The first-order valence-electron chi connectivity index (χ1n) is 11.7. The van der Waals surface area contributed by atoms with Crippen molar-refractivity contribution in [3.63, 3.8) is 0 Å². The quantitative estimate of drug-likeness (QED) is 0.325. The van der Waals surface area contributed by atoms with Gasteiger partial charge in [0.25, 0.3) is 0 Å². The van der Waals surface area contributed by atoms with Crippen molar-refractivity contribution in [2.45, 2.75) is 5.79 Å². The fourth-order valence-electron chi connectivity index (χ4n) is 4.23. The average Bonchev–Trinajstić information content (AvgIpc) is 3.48. The summed E-state index contributed by atoms with van der Waals surface area (Å²) in [5.74, 6) is 0.530. The largest absolute Gasteiger partial charge is 0.497 e. The molecule has 0 atom stereocenters. The van der Waals surface area contributed by atoms with E-state index in [-0.39, 0.29) is 11.5 Å². The lowest BCUT2D eigenvalue weighted by Gasteiger charge is -2.27. The zero-order valence-electron chi connectivity index (χ0n) is 20.8. The van der Waals surface area contributed by atoms with Crippen LogP contribution >= 0.6 is 0 Å². The molecule has 0 aliphatic carbocycles. The summed E-state index contributed by atoms with van der Waals surface area (Å²) in [7, 11) is 4.79. The van der Waals surface area contributed by atoms with Crippen molar-refractivity contribution in [2.75, 3.05) is 34.5 Å². The number of rotatable bonds is 8. The molecule has 5 rings (SSSR count). The summed E-state index contributed by atoms with van der Waals surface area (Å²) in [6, 6.07) is 21.6. The molecule has 0 amide bonds. The Bertz CT molecular complexity index is 1380. The van der Waals surface area contributed by atoms with Crippen molar-refractivity contribution in [1.82, 2.24) is 9.97 Å². The molecule has 0 spiro atoms. The molecule has 37 heavy (non-hydrogen) atoms. The minimum Gasteiger partial charge on any atom is -0.497 e. The minimum atomic E-state index is -1.26. The molecule has 1 saturated heterocycles. The summed E-state index contributed by atoms with van der Waals surface area (Å²) in [6.45, 7) is 0.774. The zero-order chi connectivity index (χ0) is 25.8. The second kappa shape index (κ2) is 10.4. The van der Waals surface area contributed by atoms with Gasteiger partial charge in [-0.05, 0) is 72.8 Å². The van der Waals surface area contributed by atoms with E-state index in [9.17, 15) is 4.79 Å². The van der Waals surface area contributed by atoms with Crippen LogP contribution in [0.2, 0.25) is 0 Å². The second-order valence-corrected chi connectivity index (χ2v) is 8.28. The molecule has 0 bridgehead atoms. The molecular weight excluding hydrogens is 472 g/mol. The van der Waals surface area contributed by atoms with Gasteiger partial charge >= 0.3 is 0 Å². The standard InChI is InChI=1S/C29H26N2O6/c1-33-22-10-4-19(5-11-22)26-27(28(32)20-6-12-23(34-2)13-7-20)30-18-25(31-26)29(36-16-17-37-29)21-8-14-24(35-3)15-9-21/h4-15,18H,16-17H2,1-3H3. The van der Waals surface area contributed by atoms with Crippen LogP contribution in [0, 0.1) is 0 Å². The Balaban J connectivity index is 1.64. The third-order valence-electron chi connectivity index (χ3n) is 6.20. The highest BCUT2D eigenvalue weighted by atomic mass is 16.7. The summed E-state index contributed by atoms with van der Waals surface area (Å²) in [4.78, 5) is 23.1. The van der Waals surface area contributed by atoms with Crippen LogP contribution in [0.4, 0.5) is 0 Å². The third-order valence-corrected chi connectivity index (χ3v) is 6.20. The second-order valence-electron chi connectivity index (χ2n) is 8.28. The Morgan fingerprint density at radius 2 is 1.27 bits per heavy atom. The molecule has 0 saturated carbocycles. The van der Waals surface area contributed by atoms with E-state index in [0.717, 1.165) is 5.56 Å². The highest BCUT2D eigenvalue weighted by molar-refractivity contribution is 6.11. The summed E-state index contributed by atoms with van der Waals surface area (Å²) in [6.07, 6.45) is 1.54. The van der Waals surface area contributed by atoms with Crippen molar-refractivity contribution >= 4 is 5.78 Å². The first-order chi connectivity index (χ1) is 18.1. The monoisotopic (exact) mass is 498 g/mol. The Morgan fingerprint density at radius 3 is 1.81 bits per heavy atom. The van der Waals surface area contributed by atoms with E-state index in [1.54, 1.807) is 51.8 Å². The van der Waals surface area contributed by atoms with Crippen LogP contribution in [0.5, 0.6) is 17.2 Å². The van der Waals surface area contributed by atoms with Gasteiger partial charge in [0.2, 0.25) is 11.6 Å². The van der Waals surface area contributed by atoms with Crippen molar-refractivity contribution in [3.8, 4) is 28.5 Å². The molecule has 1 aliphatic rings. The lowest BCUT2D eigenvalue weighted by atomic mass is 9.99. The number of ether oxygens (including phenoxy) is 5. The highest BCUT2D eigenvalue weighted by Crippen LogP contribution is 2.39.